The number of hydrogen-bond donors (Lipinski definition) is 1. The Balaban J connectivity index is 2.64. The quantitative estimate of drug-likeness (QED) is 0.630. The van der Waals surface area contributed by atoms with Gasteiger partial charge in [-0.1, -0.05) is 5.16 Å². The van der Waals surface area contributed by atoms with Gasteiger partial charge in [0, 0.05) is 11.8 Å². The van der Waals surface area contributed by atoms with Crippen LogP contribution in [0, 0.1) is 17.1 Å². The molecule has 0 saturated carbocycles. The van der Waals surface area contributed by atoms with Gasteiger partial charge in [0.15, 0.2) is 5.75 Å². The molecular weight excluding hydrogens is 377 g/mol. The number of nitriles is 1. The Morgan fingerprint density at radius 3 is 2.67 bits per heavy atom. The van der Waals surface area contributed by atoms with E-state index in [1.165, 1.54) is 30.5 Å². The van der Waals surface area contributed by atoms with Crippen molar-refractivity contribution in [3.8, 4) is 11.8 Å². The number of hydrogen-bond acceptors (Lipinski definition) is 5. The number of pyridine rings is 1. The zero-order chi connectivity index (χ0) is 17.9. The number of benzene rings is 1. The Hall–Kier alpha value is -2.46. The minimum Gasteiger partial charge on any atom is -0.504 e. The van der Waals surface area contributed by atoms with E-state index in [9.17, 15) is 9.50 Å². The van der Waals surface area contributed by atoms with Crippen molar-refractivity contribution < 1.29 is 14.3 Å². The first-order valence-electron chi connectivity index (χ1n) is 7.03. The molecule has 0 spiro atoms. The van der Waals surface area contributed by atoms with Crippen molar-refractivity contribution in [2.24, 2.45) is 5.16 Å². The lowest BCUT2D eigenvalue weighted by molar-refractivity contribution is 0.00111. The fourth-order valence-electron chi connectivity index (χ4n) is 1.78. The zero-order valence-corrected chi connectivity index (χ0v) is 14.9. The Morgan fingerprint density at radius 2 is 2.08 bits per heavy atom. The van der Waals surface area contributed by atoms with E-state index >= 15 is 0 Å². The highest BCUT2D eigenvalue weighted by atomic mass is 79.9. The summed E-state index contributed by atoms with van der Waals surface area (Å²) in [6, 6.07) is 7.52. The molecule has 0 aliphatic rings. The molecule has 2 rings (SSSR count). The monoisotopic (exact) mass is 391 g/mol. The van der Waals surface area contributed by atoms with Gasteiger partial charge < -0.3 is 9.94 Å². The molecule has 24 heavy (non-hydrogen) atoms. The van der Waals surface area contributed by atoms with E-state index in [0.29, 0.717) is 5.56 Å². The maximum absolute atomic E-state index is 13.5. The minimum atomic E-state index is -0.578. The van der Waals surface area contributed by atoms with E-state index in [1.807, 2.05) is 26.8 Å². The first-order chi connectivity index (χ1) is 11.2. The van der Waals surface area contributed by atoms with E-state index < -0.39 is 11.4 Å². The molecule has 0 bridgehead atoms. The molecule has 1 N–H and O–H groups in total. The maximum atomic E-state index is 13.5. The molecule has 0 aliphatic heterocycles. The number of aromatic hydroxyl groups is 1. The van der Waals surface area contributed by atoms with E-state index in [-0.39, 0.29) is 27.2 Å². The summed E-state index contributed by atoms with van der Waals surface area (Å²) in [6.07, 6.45) is 1.39. The second kappa shape index (κ2) is 6.97. The SMILES string of the molecule is CC(C)(C)O/N=C(/c1ccc(F)c(Br)c1)c1nccc(C#N)c1O. The molecule has 5 nitrogen and oxygen atoms in total. The van der Waals surface area contributed by atoms with Gasteiger partial charge in [0.05, 0.1) is 10.0 Å². The summed E-state index contributed by atoms with van der Waals surface area (Å²) in [5.74, 6) is -0.741. The second-order valence-corrected chi connectivity index (χ2v) is 6.79. The molecule has 1 heterocycles. The summed E-state index contributed by atoms with van der Waals surface area (Å²) < 4.78 is 13.7. The van der Waals surface area contributed by atoms with Crippen LogP contribution < -0.4 is 0 Å². The molecule has 0 amide bonds. The van der Waals surface area contributed by atoms with Crippen LogP contribution in [0.3, 0.4) is 0 Å². The molecule has 1 aromatic carbocycles. The van der Waals surface area contributed by atoms with Gasteiger partial charge in [-0.2, -0.15) is 5.26 Å². The standard InChI is InChI=1S/C17H15BrFN3O2/c1-17(2,3)24-22-14(10-4-5-13(19)12(18)8-10)15-16(23)11(9-20)6-7-21-15/h4-8,23H,1-3H3/b22-14-. The molecule has 2 aromatic rings. The summed E-state index contributed by atoms with van der Waals surface area (Å²) in [5, 5.41) is 23.4. The lowest BCUT2D eigenvalue weighted by atomic mass is 10.0. The normalized spacial score (nSPS) is 11.9. The van der Waals surface area contributed by atoms with Crippen molar-refractivity contribution in [2.45, 2.75) is 26.4 Å². The van der Waals surface area contributed by atoms with Crippen molar-refractivity contribution in [1.29, 1.82) is 5.26 Å². The van der Waals surface area contributed by atoms with E-state index in [1.54, 1.807) is 0 Å². The molecule has 1 aromatic heterocycles. The molecule has 0 unspecified atom stereocenters. The van der Waals surface area contributed by atoms with Crippen LogP contribution in [0.4, 0.5) is 4.39 Å². The summed E-state index contributed by atoms with van der Waals surface area (Å²) >= 11 is 3.12. The zero-order valence-electron chi connectivity index (χ0n) is 13.3. The van der Waals surface area contributed by atoms with Crippen LogP contribution in [-0.4, -0.2) is 21.4 Å². The predicted molar refractivity (Wildman–Crippen MR) is 91.2 cm³/mol. The fourth-order valence-corrected chi connectivity index (χ4v) is 2.15. The Morgan fingerprint density at radius 1 is 1.38 bits per heavy atom. The number of oxime groups is 1. The topological polar surface area (TPSA) is 78.5 Å². The number of aromatic nitrogens is 1. The highest BCUT2D eigenvalue weighted by Crippen LogP contribution is 2.26. The van der Waals surface area contributed by atoms with Crippen molar-refractivity contribution in [2.75, 3.05) is 0 Å². The fraction of sp³-hybridized carbons (Fsp3) is 0.235. The van der Waals surface area contributed by atoms with Gasteiger partial charge in [0.1, 0.15) is 28.9 Å². The third kappa shape index (κ3) is 4.09. The van der Waals surface area contributed by atoms with E-state index in [2.05, 4.69) is 26.1 Å². The van der Waals surface area contributed by atoms with Crippen molar-refractivity contribution in [3.63, 3.8) is 0 Å². The van der Waals surface area contributed by atoms with Gasteiger partial charge >= 0.3 is 0 Å². The van der Waals surface area contributed by atoms with E-state index in [0.717, 1.165) is 0 Å². The molecule has 124 valence electrons. The molecule has 0 saturated heterocycles. The predicted octanol–water partition coefficient (Wildman–Crippen LogP) is 4.13. The smallest absolute Gasteiger partial charge is 0.161 e. The molecule has 0 radical (unpaired) electrons. The second-order valence-electron chi connectivity index (χ2n) is 5.94. The van der Waals surface area contributed by atoms with Crippen molar-refractivity contribution in [3.05, 3.63) is 57.6 Å². The average Bonchev–Trinajstić information content (AvgIpc) is 2.51. The van der Waals surface area contributed by atoms with Gasteiger partial charge in [-0.05, 0) is 61.0 Å². The summed E-state index contributed by atoms with van der Waals surface area (Å²) in [7, 11) is 0. The summed E-state index contributed by atoms with van der Waals surface area (Å²) in [5.41, 5.74) is 0.234. The van der Waals surface area contributed by atoms with Crippen LogP contribution in [0.15, 0.2) is 40.1 Å². The van der Waals surface area contributed by atoms with Crippen molar-refractivity contribution >= 4 is 21.6 Å². The van der Waals surface area contributed by atoms with Crippen LogP contribution in [0.25, 0.3) is 0 Å². The van der Waals surface area contributed by atoms with Crippen molar-refractivity contribution in [1.82, 2.24) is 4.98 Å². The lowest BCUT2D eigenvalue weighted by Gasteiger charge is -2.17. The maximum Gasteiger partial charge on any atom is 0.161 e. The summed E-state index contributed by atoms with van der Waals surface area (Å²) in [4.78, 5) is 9.54. The van der Waals surface area contributed by atoms with Crippen LogP contribution in [0.1, 0.15) is 37.6 Å². The molecule has 7 heteroatoms. The van der Waals surface area contributed by atoms with Gasteiger partial charge in [-0.25, -0.2) is 4.39 Å². The third-order valence-electron chi connectivity index (χ3n) is 2.87. The van der Waals surface area contributed by atoms with Gasteiger partial charge in [-0.15, -0.1) is 0 Å². The van der Waals surface area contributed by atoms with Crippen LogP contribution in [0.2, 0.25) is 0 Å². The molecule has 0 fully saturated rings. The number of rotatable bonds is 3. The highest BCUT2D eigenvalue weighted by molar-refractivity contribution is 9.10. The Bertz CT molecular complexity index is 839. The van der Waals surface area contributed by atoms with Crippen LogP contribution >= 0.6 is 15.9 Å². The number of nitrogens with zero attached hydrogens (tertiary/aromatic N) is 3. The third-order valence-corrected chi connectivity index (χ3v) is 3.48. The molecular formula is C17H15BrFN3O2. The van der Waals surface area contributed by atoms with Gasteiger partial charge in [0.25, 0.3) is 0 Å². The van der Waals surface area contributed by atoms with E-state index in [4.69, 9.17) is 10.1 Å². The van der Waals surface area contributed by atoms with Crippen LogP contribution in [0.5, 0.6) is 5.75 Å². The highest BCUT2D eigenvalue weighted by Gasteiger charge is 2.20. The first kappa shape index (κ1) is 17.9. The Labute approximate surface area is 147 Å². The lowest BCUT2D eigenvalue weighted by Crippen LogP contribution is -2.18. The molecule has 0 aliphatic carbocycles. The molecule has 0 atom stereocenters. The number of halogens is 2. The van der Waals surface area contributed by atoms with Crippen LogP contribution in [-0.2, 0) is 4.84 Å². The van der Waals surface area contributed by atoms with Gasteiger partial charge in [0.2, 0.25) is 0 Å². The first-order valence-corrected chi connectivity index (χ1v) is 7.82. The average molecular weight is 392 g/mol. The Kier molecular flexibility index (Phi) is 5.20. The minimum absolute atomic E-state index is 0.0598. The largest absolute Gasteiger partial charge is 0.504 e. The summed E-state index contributed by atoms with van der Waals surface area (Å²) in [6.45, 7) is 5.44. The van der Waals surface area contributed by atoms with Gasteiger partial charge in [-0.3, -0.25) is 4.98 Å².